The molecule has 0 bridgehead atoms. The number of ether oxygens (including phenoxy) is 1. The monoisotopic (exact) mass is 444 g/mol. The second kappa shape index (κ2) is 7.93. The van der Waals surface area contributed by atoms with E-state index >= 15 is 0 Å². The molecule has 2 atom stereocenters. The Bertz CT molecular complexity index is 1100. The molecule has 1 fully saturated rings. The normalized spacial score (nSPS) is 21.0. The van der Waals surface area contributed by atoms with Crippen LogP contribution in [0, 0.1) is 0 Å². The summed E-state index contributed by atoms with van der Waals surface area (Å²) in [5, 5.41) is 11.4. The molecule has 1 amide bonds. The van der Waals surface area contributed by atoms with Crippen LogP contribution in [0.3, 0.4) is 0 Å². The minimum Gasteiger partial charge on any atom is -0.497 e. The van der Waals surface area contributed by atoms with Gasteiger partial charge in [-0.05, 0) is 61.6 Å². The number of amides is 1. The van der Waals surface area contributed by atoms with E-state index in [0.29, 0.717) is 49.4 Å². The minimum atomic E-state index is -3.85. The van der Waals surface area contributed by atoms with Gasteiger partial charge in [0.2, 0.25) is 15.9 Å². The average Bonchev–Trinajstić information content (AvgIpc) is 3.41. The van der Waals surface area contributed by atoms with E-state index in [1.165, 1.54) is 11.2 Å². The van der Waals surface area contributed by atoms with Gasteiger partial charge < -0.3 is 14.7 Å². The summed E-state index contributed by atoms with van der Waals surface area (Å²) in [6.45, 7) is 4.05. The lowest BCUT2D eigenvalue weighted by atomic mass is 9.87. The molecule has 2 aliphatic rings. The first-order chi connectivity index (χ1) is 14.7. The number of methoxy groups -OCH3 is 1. The van der Waals surface area contributed by atoms with Crippen molar-refractivity contribution in [1.82, 2.24) is 4.31 Å². The van der Waals surface area contributed by atoms with Gasteiger partial charge in [-0.1, -0.05) is 18.2 Å². The van der Waals surface area contributed by atoms with Gasteiger partial charge in [0.05, 0.1) is 18.0 Å². The van der Waals surface area contributed by atoms with E-state index in [1.807, 2.05) is 0 Å². The number of hydrogen-bond donors (Lipinski definition) is 1. The van der Waals surface area contributed by atoms with Crippen molar-refractivity contribution in [2.24, 2.45) is 0 Å². The second-order valence-corrected chi connectivity index (χ2v) is 10.3. The van der Waals surface area contributed by atoms with Crippen molar-refractivity contribution in [3.05, 3.63) is 53.6 Å². The molecule has 31 heavy (non-hydrogen) atoms. The van der Waals surface area contributed by atoms with Crippen molar-refractivity contribution in [3.63, 3.8) is 0 Å². The van der Waals surface area contributed by atoms with Crippen LogP contribution in [0.4, 0.5) is 5.69 Å². The van der Waals surface area contributed by atoms with Crippen molar-refractivity contribution >= 4 is 21.6 Å². The third-order valence-corrected chi connectivity index (χ3v) is 8.37. The van der Waals surface area contributed by atoms with Crippen molar-refractivity contribution in [1.29, 1.82) is 0 Å². The third-order valence-electron chi connectivity index (χ3n) is 6.47. The molecule has 2 unspecified atom stereocenters. The highest BCUT2D eigenvalue weighted by Crippen LogP contribution is 2.39. The largest absolute Gasteiger partial charge is 0.497 e. The molecule has 2 aromatic rings. The van der Waals surface area contributed by atoms with Crippen LogP contribution < -0.4 is 9.64 Å². The van der Waals surface area contributed by atoms with Crippen molar-refractivity contribution in [2.75, 3.05) is 25.1 Å². The van der Waals surface area contributed by atoms with Crippen LogP contribution in [-0.4, -0.2) is 50.0 Å². The van der Waals surface area contributed by atoms with Gasteiger partial charge in [-0.25, -0.2) is 8.42 Å². The summed E-state index contributed by atoms with van der Waals surface area (Å²) in [6, 6.07) is 11.4. The maximum Gasteiger partial charge on any atom is 0.243 e. The smallest absolute Gasteiger partial charge is 0.243 e. The Balaban J connectivity index is 1.68. The molecule has 0 spiro atoms. The summed E-state index contributed by atoms with van der Waals surface area (Å²) in [7, 11) is -2.28. The Hall–Kier alpha value is -2.42. The molecule has 0 saturated carbocycles. The molecular weight excluding hydrogens is 416 g/mol. The van der Waals surface area contributed by atoms with E-state index in [1.54, 1.807) is 61.4 Å². The summed E-state index contributed by atoms with van der Waals surface area (Å²) in [6.07, 6.45) is 1.94. The topological polar surface area (TPSA) is 87.2 Å². The lowest BCUT2D eigenvalue weighted by molar-refractivity contribution is -0.116. The highest BCUT2D eigenvalue weighted by atomic mass is 32.2. The highest BCUT2D eigenvalue weighted by Gasteiger charge is 2.46. The molecule has 0 aromatic heterocycles. The molecule has 2 aromatic carbocycles. The van der Waals surface area contributed by atoms with E-state index in [2.05, 4.69) is 0 Å². The van der Waals surface area contributed by atoms with Gasteiger partial charge in [-0.15, -0.1) is 0 Å². The molecule has 166 valence electrons. The zero-order valence-corrected chi connectivity index (χ0v) is 18.9. The summed E-state index contributed by atoms with van der Waals surface area (Å²) in [5.74, 6) is 0.568. The van der Waals surface area contributed by atoms with Crippen LogP contribution in [0.1, 0.15) is 37.8 Å². The number of fused-ring (bicyclic) bond motifs is 1. The van der Waals surface area contributed by atoms with Gasteiger partial charge >= 0.3 is 0 Å². The lowest BCUT2D eigenvalue weighted by Gasteiger charge is -2.36. The van der Waals surface area contributed by atoms with E-state index in [4.69, 9.17) is 4.74 Å². The minimum absolute atomic E-state index is 0.102. The first-order valence-corrected chi connectivity index (χ1v) is 11.9. The Morgan fingerprint density at radius 3 is 2.52 bits per heavy atom. The summed E-state index contributed by atoms with van der Waals surface area (Å²) in [4.78, 5) is 13.7. The summed E-state index contributed by atoms with van der Waals surface area (Å²) in [5.41, 5.74) is 0.901. The Kier molecular flexibility index (Phi) is 5.57. The molecule has 1 saturated heterocycles. The predicted molar refractivity (Wildman–Crippen MR) is 118 cm³/mol. The number of benzene rings is 2. The zero-order chi connectivity index (χ0) is 22.4. The molecule has 1 N–H and O–H groups in total. The fourth-order valence-electron chi connectivity index (χ4n) is 4.69. The number of anilines is 1. The van der Waals surface area contributed by atoms with Gasteiger partial charge in [-0.2, -0.15) is 4.31 Å². The zero-order valence-electron chi connectivity index (χ0n) is 18.0. The fraction of sp³-hybridized carbons (Fsp3) is 0.435. The molecule has 8 heteroatoms. The SMILES string of the molecule is COc1ccc(C(C)(O)C2CCCN2S(=O)(=O)c2ccc3c(c2)N(C(C)=O)CC3)cc1. The average molecular weight is 445 g/mol. The fourth-order valence-corrected chi connectivity index (χ4v) is 6.48. The number of hydrogen-bond acceptors (Lipinski definition) is 5. The van der Waals surface area contributed by atoms with Crippen molar-refractivity contribution in [3.8, 4) is 5.75 Å². The Morgan fingerprint density at radius 1 is 1.16 bits per heavy atom. The molecule has 2 heterocycles. The first-order valence-electron chi connectivity index (χ1n) is 10.5. The van der Waals surface area contributed by atoms with Crippen LogP contribution in [0.15, 0.2) is 47.4 Å². The summed E-state index contributed by atoms with van der Waals surface area (Å²) >= 11 is 0. The number of carbonyl (C=O) groups excluding carboxylic acids is 1. The first kappa shape index (κ1) is 21.8. The number of carbonyl (C=O) groups is 1. The quantitative estimate of drug-likeness (QED) is 0.766. The molecule has 2 aliphatic heterocycles. The number of aliphatic hydroxyl groups is 1. The molecular formula is C23H28N2O5S. The van der Waals surface area contributed by atoms with E-state index in [9.17, 15) is 18.3 Å². The van der Waals surface area contributed by atoms with Crippen LogP contribution in [-0.2, 0) is 26.8 Å². The van der Waals surface area contributed by atoms with E-state index in [0.717, 1.165) is 5.56 Å². The van der Waals surface area contributed by atoms with Gasteiger partial charge in [-0.3, -0.25) is 4.79 Å². The second-order valence-electron chi connectivity index (χ2n) is 8.36. The maximum absolute atomic E-state index is 13.6. The van der Waals surface area contributed by atoms with Crippen molar-refractivity contribution < 1.29 is 23.1 Å². The standard InChI is InChI=1S/C23H28N2O5S/c1-16(26)24-14-12-17-6-11-20(15-21(17)24)31(28,29)25-13-4-5-22(25)23(2,27)18-7-9-19(30-3)10-8-18/h6-11,15,22,27H,4-5,12-14H2,1-3H3. The van der Waals surface area contributed by atoms with Crippen LogP contribution in [0.2, 0.25) is 0 Å². The molecule has 7 nitrogen and oxygen atoms in total. The third kappa shape index (κ3) is 3.73. The number of nitrogens with zero attached hydrogens (tertiary/aromatic N) is 2. The van der Waals surface area contributed by atoms with Gasteiger partial charge in [0.1, 0.15) is 11.4 Å². The van der Waals surface area contributed by atoms with Gasteiger partial charge in [0.25, 0.3) is 0 Å². The van der Waals surface area contributed by atoms with Gasteiger partial charge in [0.15, 0.2) is 0 Å². The predicted octanol–water partition coefficient (Wildman–Crippen LogP) is 2.67. The Morgan fingerprint density at radius 2 is 1.87 bits per heavy atom. The molecule has 0 radical (unpaired) electrons. The highest BCUT2D eigenvalue weighted by molar-refractivity contribution is 7.89. The number of sulfonamides is 1. The van der Waals surface area contributed by atoms with E-state index < -0.39 is 21.7 Å². The van der Waals surface area contributed by atoms with Crippen LogP contribution in [0.5, 0.6) is 5.75 Å². The van der Waals surface area contributed by atoms with Crippen LogP contribution >= 0.6 is 0 Å². The van der Waals surface area contributed by atoms with Crippen molar-refractivity contribution in [2.45, 2.75) is 49.6 Å². The van der Waals surface area contributed by atoms with Gasteiger partial charge in [0, 0.05) is 25.7 Å². The van der Waals surface area contributed by atoms with E-state index in [-0.39, 0.29) is 10.8 Å². The summed E-state index contributed by atoms with van der Waals surface area (Å²) < 4.78 is 33.8. The molecule has 4 rings (SSSR count). The Labute approximate surface area is 183 Å². The van der Waals surface area contributed by atoms with Crippen LogP contribution in [0.25, 0.3) is 0 Å². The lowest BCUT2D eigenvalue weighted by Crippen LogP contribution is -2.48. The maximum atomic E-state index is 13.6. The number of rotatable bonds is 5. The molecule has 0 aliphatic carbocycles.